The Labute approximate surface area is 175 Å². The molecule has 2 aromatic carbocycles. The summed E-state index contributed by atoms with van der Waals surface area (Å²) in [6.45, 7) is 2.10. The second kappa shape index (κ2) is 11.5. The molecule has 0 saturated heterocycles. The SMILES string of the molecule is CCCC/C(=N\NC(=O)CCC(=O)Nc1ccc(Cl)cc1Cl)c1ccccc1. The highest BCUT2D eigenvalue weighted by Crippen LogP contribution is 2.25. The van der Waals surface area contributed by atoms with Crippen molar-refractivity contribution in [1.29, 1.82) is 0 Å². The number of anilines is 1. The highest BCUT2D eigenvalue weighted by atomic mass is 35.5. The lowest BCUT2D eigenvalue weighted by Crippen LogP contribution is -2.22. The van der Waals surface area contributed by atoms with E-state index in [1.807, 2.05) is 30.3 Å². The number of halogens is 2. The van der Waals surface area contributed by atoms with Crippen LogP contribution in [0.25, 0.3) is 0 Å². The Morgan fingerprint density at radius 3 is 2.36 bits per heavy atom. The average molecular weight is 420 g/mol. The summed E-state index contributed by atoms with van der Waals surface area (Å²) in [5, 5.41) is 7.76. The predicted octanol–water partition coefficient (Wildman–Crippen LogP) is 5.42. The molecule has 0 aromatic heterocycles. The topological polar surface area (TPSA) is 70.6 Å². The third-order valence-corrected chi connectivity index (χ3v) is 4.52. The molecule has 0 radical (unpaired) electrons. The summed E-state index contributed by atoms with van der Waals surface area (Å²) in [5.41, 5.74) is 4.82. The van der Waals surface area contributed by atoms with Gasteiger partial charge < -0.3 is 5.32 Å². The summed E-state index contributed by atoms with van der Waals surface area (Å²) in [5.74, 6) is -0.625. The summed E-state index contributed by atoms with van der Waals surface area (Å²) >= 11 is 11.9. The van der Waals surface area contributed by atoms with Gasteiger partial charge in [-0.3, -0.25) is 9.59 Å². The maximum absolute atomic E-state index is 12.1. The molecular formula is C21H23Cl2N3O2. The van der Waals surface area contributed by atoms with E-state index in [2.05, 4.69) is 22.8 Å². The number of amides is 2. The summed E-state index contributed by atoms with van der Waals surface area (Å²) in [4.78, 5) is 24.1. The van der Waals surface area contributed by atoms with Crippen LogP contribution in [0.1, 0.15) is 44.6 Å². The normalized spacial score (nSPS) is 11.2. The van der Waals surface area contributed by atoms with Crippen LogP contribution in [0.4, 0.5) is 5.69 Å². The van der Waals surface area contributed by atoms with E-state index in [1.165, 1.54) is 0 Å². The zero-order chi connectivity index (χ0) is 20.4. The van der Waals surface area contributed by atoms with Crippen LogP contribution in [0.5, 0.6) is 0 Å². The molecule has 0 aliphatic carbocycles. The standard InChI is InChI=1S/C21H23Cl2N3O2/c1-2-3-9-18(15-7-5-4-6-8-15)25-26-21(28)13-12-20(27)24-19-11-10-16(22)14-17(19)23/h4-8,10-11,14H,2-3,9,12-13H2,1H3,(H,24,27)(H,26,28)/b25-18+. The van der Waals surface area contributed by atoms with Crippen molar-refractivity contribution >= 4 is 46.4 Å². The van der Waals surface area contributed by atoms with Gasteiger partial charge in [0.05, 0.1) is 16.4 Å². The van der Waals surface area contributed by atoms with Gasteiger partial charge in [-0.05, 0) is 36.6 Å². The number of unbranched alkanes of at least 4 members (excludes halogenated alkanes) is 1. The van der Waals surface area contributed by atoms with Crippen LogP contribution in [0, 0.1) is 0 Å². The first kappa shape index (κ1) is 21.9. The van der Waals surface area contributed by atoms with Crippen molar-refractivity contribution in [2.45, 2.75) is 39.0 Å². The fourth-order valence-corrected chi connectivity index (χ4v) is 2.91. The van der Waals surface area contributed by atoms with E-state index in [1.54, 1.807) is 18.2 Å². The molecule has 7 heteroatoms. The fourth-order valence-electron chi connectivity index (χ4n) is 2.46. The van der Waals surface area contributed by atoms with Crippen molar-refractivity contribution in [1.82, 2.24) is 5.43 Å². The third-order valence-electron chi connectivity index (χ3n) is 3.97. The fraction of sp³-hybridized carbons (Fsp3) is 0.286. The van der Waals surface area contributed by atoms with E-state index in [0.717, 1.165) is 30.5 Å². The van der Waals surface area contributed by atoms with Gasteiger partial charge in [0, 0.05) is 17.9 Å². The Morgan fingerprint density at radius 2 is 1.68 bits per heavy atom. The van der Waals surface area contributed by atoms with Crippen LogP contribution in [-0.2, 0) is 9.59 Å². The van der Waals surface area contributed by atoms with Crippen LogP contribution in [0.3, 0.4) is 0 Å². The smallest absolute Gasteiger partial charge is 0.240 e. The van der Waals surface area contributed by atoms with Gasteiger partial charge in [0.15, 0.2) is 0 Å². The number of nitrogens with zero attached hydrogens (tertiary/aromatic N) is 1. The highest BCUT2D eigenvalue weighted by Gasteiger charge is 2.10. The quantitative estimate of drug-likeness (QED) is 0.420. The first-order chi connectivity index (χ1) is 13.5. The van der Waals surface area contributed by atoms with E-state index < -0.39 is 0 Å². The Kier molecular flexibility index (Phi) is 8.98. The molecule has 0 fully saturated rings. The molecule has 0 aliphatic heterocycles. The number of rotatable bonds is 9. The molecule has 28 heavy (non-hydrogen) atoms. The molecule has 0 saturated carbocycles. The average Bonchev–Trinajstić information content (AvgIpc) is 2.69. The van der Waals surface area contributed by atoms with Crippen LogP contribution < -0.4 is 10.7 Å². The molecular weight excluding hydrogens is 397 g/mol. The van der Waals surface area contributed by atoms with Crippen LogP contribution in [-0.4, -0.2) is 17.5 Å². The van der Waals surface area contributed by atoms with Gasteiger partial charge in [0.2, 0.25) is 11.8 Å². The van der Waals surface area contributed by atoms with Crippen LogP contribution >= 0.6 is 23.2 Å². The first-order valence-electron chi connectivity index (χ1n) is 9.15. The molecule has 0 bridgehead atoms. The first-order valence-corrected chi connectivity index (χ1v) is 9.91. The van der Waals surface area contributed by atoms with Crippen molar-refractivity contribution in [3.63, 3.8) is 0 Å². The number of hydrogen-bond donors (Lipinski definition) is 2. The number of benzene rings is 2. The van der Waals surface area contributed by atoms with E-state index in [-0.39, 0.29) is 24.7 Å². The Morgan fingerprint density at radius 1 is 0.964 bits per heavy atom. The second-order valence-corrected chi connectivity index (χ2v) is 7.08. The molecule has 0 aliphatic rings. The van der Waals surface area contributed by atoms with Gasteiger partial charge in [-0.25, -0.2) is 5.43 Å². The molecule has 2 N–H and O–H groups in total. The van der Waals surface area contributed by atoms with E-state index in [9.17, 15) is 9.59 Å². The van der Waals surface area contributed by atoms with Crippen LogP contribution in [0.15, 0.2) is 53.6 Å². The van der Waals surface area contributed by atoms with Crippen molar-refractivity contribution in [3.05, 3.63) is 64.1 Å². The van der Waals surface area contributed by atoms with Crippen molar-refractivity contribution in [2.24, 2.45) is 5.10 Å². The molecule has 0 heterocycles. The Bertz CT molecular complexity index is 839. The maximum Gasteiger partial charge on any atom is 0.240 e. The van der Waals surface area contributed by atoms with Crippen molar-refractivity contribution in [2.75, 3.05) is 5.32 Å². The summed E-state index contributed by atoms with van der Waals surface area (Å²) in [7, 11) is 0. The lowest BCUT2D eigenvalue weighted by molar-refractivity contribution is -0.124. The van der Waals surface area contributed by atoms with Gasteiger partial charge in [0.25, 0.3) is 0 Å². The minimum atomic E-state index is -0.317. The minimum absolute atomic E-state index is 0.0237. The second-order valence-electron chi connectivity index (χ2n) is 6.24. The Balaban J connectivity index is 1.87. The Hall–Kier alpha value is -2.37. The monoisotopic (exact) mass is 419 g/mol. The van der Waals surface area contributed by atoms with Gasteiger partial charge in [-0.15, -0.1) is 0 Å². The molecule has 2 aromatic rings. The van der Waals surface area contributed by atoms with Gasteiger partial charge >= 0.3 is 0 Å². The lowest BCUT2D eigenvalue weighted by atomic mass is 10.1. The molecule has 2 amide bonds. The zero-order valence-corrected chi connectivity index (χ0v) is 17.2. The zero-order valence-electron chi connectivity index (χ0n) is 15.7. The van der Waals surface area contributed by atoms with Gasteiger partial charge in [-0.2, -0.15) is 5.10 Å². The van der Waals surface area contributed by atoms with E-state index >= 15 is 0 Å². The summed E-state index contributed by atoms with van der Waals surface area (Å²) < 4.78 is 0. The van der Waals surface area contributed by atoms with Crippen molar-refractivity contribution in [3.8, 4) is 0 Å². The van der Waals surface area contributed by atoms with Crippen molar-refractivity contribution < 1.29 is 9.59 Å². The van der Waals surface area contributed by atoms with Crippen LogP contribution in [0.2, 0.25) is 10.0 Å². The number of hydrazone groups is 1. The predicted molar refractivity (Wildman–Crippen MR) is 115 cm³/mol. The summed E-state index contributed by atoms with van der Waals surface area (Å²) in [6.07, 6.45) is 2.84. The van der Waals surface area contributed by atoms with E-state index in [4.69, 9.17) is 23.2 Å². The lowest BCUT2D eigenvalue weighted by Gasteiger charge is -2.08. The molecule has 5 nitrogen and oxygen atoms in total. The molecule has 0 unspecified atom stereocenters. The summed E-state index contributed by atoms with van der Waals surface area (Å²) in [6, 6.07) is 14.5. The number of carbonyl (C=O) groups excluding carboxylic acids is 2. The van der Waals surface area contributed by atoms with Gasteiger partial charge in [0.1, 0.15) is 0 Å². The largest absolute Gasteiger partial charge is 0.325 e. The number of carbonyl (C=O) groups is 2. The maximum atomic E-state index is 12.1. The number of hydrogen-bond acceptors (Lipinski definition) is 3. The van der Waals surface area contributed by atoms with Gasteiger partial charge in [-0.1, -0.05) is 66.9 Å². The molecule has 0 spiro atoms. The molecule has 148 valence electrons. The molecule has 0 atom stereocenters. The minimum Gasteiger partial charge on any atom is -0.325 e. The number of nitrogens with one attached hydrogen (secondary N) is 2. The van der Waals surface area contributed by atoms with E-state index in [0.29, 0.717) is 15.7 Å². The molecule has 2 rings (SSSR count). The third kappa shape index (κ3) is 7.33. The highest BCUT2D eigenvalue weighted by molar-refractivity contribution is 6.36.